The highest BCUT2D eigenvalue weighted by Crippen LogP contribution is 2.74. The van der Waals surface area contributed by atoms with E-state index >= 15 is 14.4 Å². The van der Waals surface area contributed by atoms with Crippen molar-refractivity contribution in [3.63, 3.8) is 0 Å². The predicted octanol–water partition coefficient (Wildman–Crippen LogP) is 8.09. The van der Waals surface area contributed by atoms with Gasteiger partial charge in [0.2, 0.25) is 11.8 Å². The SMILES string of the molecule is O=C1[C@@H]2[C@H](C(=O)N1c1cccc([N+](=O)[O-])c1)[C@]1(c3ccc(Cl)cc3)C(=O)[C@@]2(c2ccc(Cl)cc2)C(c2ccccc2)=C1c1ccccc1. The molecule has 48 heavy (non-hydrogen) atoms. The number of non-ortho nitro benzene ring substituents is 1. The summed E-state index contributed by atoms with van der Waals surface area (Å²) < 4.78 is 0. The van der Waals surface area contributed by atoms with E-state index in [-0.39, 0.29) is 17.2 Å². The Hall–Kier alpha value is -5.37. The minimum atomic E-state index is -1.64. The molecule has 1 saturated carbocycles. The van der Waals surface area contributed by atoms with Crippen molar-refractivity contribution in [1.29, 1.82) is 0 Å². The van der Waals surface area contributed by atoms with E-state index in [1.54, 1.807) is 48.5 Å². The Labute approximate surface area is 285 Å². The van der Waals surface area contributed by atoms with Crippen LogP contribution in [0.3, 0.4) is 0 Å². The Morgan fingerprint density at radius 3 is 1.44 bits per heavy atom. The van der Waals surface area contributed by atoms with Gasteiger partial charge in [-0.3, -0.25) is 24.5 Å². The topological polar surface area (TPSA) is 97.6 Å². The summed E-state index contributed by atoms with van der Waals surface area (Å²) in [6.45, 7) is 0. The van der Waals surface area contributed by atoms with E-state index in [2.05, 4.69) is 0 Å². The van der Waals surface area contributed by atoms with Crippen molar-refractivity contribution in [1.82, 2.24) is 0 Å². The number of ketones is 1. The Morgan fingerprint density at radius 2 is 1.02 bits per heavy atom. The molecule has 0 aromatic heterocycles. The fourth-order valence-corrected chi connectivity index (χ4v) is 8.61. The molecule has 2 amide bonds. The zero-order chi connectivity index (χ0) is 33.4. The number of carbonyl (C=O) groups is 3. The van der Waals surface area contributed by atoms with E-state index in [0.29, 0.717) is 32.3 Å². The third kappa shape index (κ3) is 3.86. The van der Waals surface area contributed by atoms with Gasteiger partial charge in [0.1, 0.15) is 0 Å². The summed E-state index contributed by atoms with van der Waals surface area (Å²) in [7, 11) is 0. The van der Waals surface area contributed by atoms with E-state index in [1.807, 2.05) is 60.7 Å². The number of rotatable bonds is 6. The summed E-state index contributed by atoms with van der Waals surface area (Å²) in [5, 5.41) is 12.6. The number of anilines is 1. The average molecular weight is 672 g/mol. The first kappa shape index (κ1) is 30.0. The van der Waals surface area contributed by atoms with Crippen molar-refractivity contribution in [2.45, 2.75) is 10.8 Å². The minimum absolute atomic E-state index is 0.0699. The van der Waals surface area contributed by atoms with Crippen LogP contribution in [0, 0.1) is 22.0 Å². The van der Waals surface area contributed by atoms with Gasteiger partial charge in [-0.2, -0.15) is 0 Å². The predicted molar refractivity (Wildman–Crippen MR) is 184 cm³/mol. The molecule has 2 bridgehead atoms. The second-order valence-electron chi connectivity index (χ2n) is 12.2. The maximum absolute atomic E-state index is 15.9. The average Bonchev–Trinajstić information content (AvgIpc) is 3.61. The first-order valence-electron chi connectivity index (χ1n) is 15.3. The Balaban J connectivity index is 1.54. The first-order valence-corrected chi connectivity index (χ1v) is 16.0. The molecule has 5 aromatic rings. The third-order valence-electron chi connectivity index (χ3n) is 10.0. The maximum atomic E-state index is 15.9. The molecule has 9 heteroatoms. The number of amides is 2. The van der Waals surface area contributed by atoms with Gasteiger partial charge < -0.3 is 0 Å². The molecule has 5 aromatic carbocycles. The van der Waals surface area contributed by atoms with Crippen LogP contribution >= 0.6 is 23.2 Å². The van der Waals surface area contributed by atoms with Gasteiger partial charge in [0.15, 0.2) is 5.78 Å². The second-order valence-corrected chi connectivity index (χ2v) is 13.1. The molecule has 2 aliphatic carbocycles. The number of halogens is 2. The zero-order valence-corrected chi connectivity index (χ0v) is 26.6. The van der Waals surface area contributed by atoms with E-state index < -0.39 is 39.4 Å². The zero-order valence-electron chi connectivity index (χ0n) is 25.0. The van der Waals surface area contributed by atoms with Gasteiger partial charge >= 0.3 is 0 Å². The molecule has 3 aliphatic rings. The summed E-state index contributed by atoms with van der Waals surface area (Å²) in [6.07, 6.45) is 0. The van der Waals surface area contributed by atoms with Crippen LogP contribution < -0.4 is 4.90 Å². The molecule has 2 fully saturated rings. The molecule has 0 unspecified atom stereocenters. The molecule has 0 spiro atoms. The number of imide groups is 1. The number of hydrogen-bond acceptors (Lipinski definition) is 5. The van der Waals surface area contributed by atoms with Gasteiger partial charge in [-0.25, -0.2) is 4.90 Å². The number of carbonyl (C=O) groups excluding carboxylic acids is 3. The van der Waals surface area contributed by atoms with E-state index in [9.17, 15) is 10.1 Å². The number of hydrogen-bond donors (Lipinski definition) is 0. The number of nitrogens with zero attached hydrogens (tertiary/aromatic N) is 2. The quantitative estimate of drug-likeness (QED) is 0.103. The van der Waals surface area contributed by atoms with Crippen molar-refractivity contribution in [3.05, 3.63) is 176 Å². The molecular formula is C39H24Cl2N2O5. The standard InChI is InChI=1S/C39H24Cl2N2O5/c40-27-18-14-25(15-19-27)38-31(23-8-3-1-4-9-23)32(24-10-5-2-6-11-24)39(37(38)46,26-16-20-28(41)21-17-26)34-33(38)35(44)42(36(34)45)29-12-7-13-30(22-29)43(47)48/h1-22,33-34H/t33-,34+,38-,39+. The van der Waals surface area contributed by atoms with E-state index in [4.69, 9.17) is 23.2 Å². The molecule has 1 heterocycles. The molecule has 1 saturated heterocycles. The van der Waals surface area contributed by atoms with Crippen LogP contribution in [0.2, 0.25) is 10.0 Å². The van der Waals surface area contributed by atoms with Gasteiger partial charge in [-0.05, 0) is 63.7 Å². The molecule has 8 rings (SSSR count). The highest BCUT2D eigenvalue weighted by Gasteiger charge is 2.82. The van der Waals surface area contributed by atoms with Crippen molar-refractivity contribution in [2.75, 3.05) is 4.90 Å². The number of fused-ring (bicyclic) bond motifs is 5. The lowest BCUT2D eigenvalue weighted by atomic mass is 9.59. The number of nitro groups is 1. The second kappa shape index (κ2) is 10.8. The molecule has 1 aliphatic heterocycles. The first-order chi connectivity index (χ1) is 23.2. The summed E-state index contributed by atoms with van der Waals surface area (Å²) in [5.74, 6) is -3.88. The van der Waals surface area contributed by atoms with E-state index in [1.165, 1.54) is 24.3 Å². The Kier molecular flexibility index (Phi) is 6.77. The van der Waals surface area contributed by atoms with Crippen LogP contribution in [-0.2, 0) is 25.2 Å². The van der Waals surface area contributed by atoms with Crippen LogP contribution in [0.5, 0.6) is 0 Å². The van der Waals surface area contributed by atoms with Crippen LogP contribution in [0.4, 0.5) is 11.4 Å². The number of benzene rings is 5. The number of Topliss-reactive ketones (excluding diaryl/α,β-unsaturated/α-hetero) is 1. The lowest BCUT2D eigenvalue weighted by Crippen LogP contribution is -2.45. The highest BCUT2D eigenvalue weighted by molar-refractivity contribution is 6.39. The fourth-order valence-electron chi connectivity index (χ4n) is 8.36. The maximum Gasteiger partial charge on any atom is 0.271 e. The van der Waals surface area contributed by atoms with Gasteiger partial charge in [0.25, 0.3) is 5.69 Å². The van der Waals surface area contributed by atoms with E-state index in [0.717, 1.165) is 16.0 Å². The molecule has 7 nitrogen and oxygen atoms in total. The van der Waals surface area contributed by atoms with Gasteiger partial charge in [-0.15, -0.1) is 0 Å². The fraction of sp³-hybridized carbons (Fsp3) is 0.103. The van der Waals surface area contributed by atoms with Crippen LogP contribution in [0.25, 0.3) is 11.1 Å². The molecule has 234 valence electrons. The van der Waals surface area contributed by atoms with Crippen LogP contribution in [-0.4, -0.2) is 22.5 Å². The Morgan fingerprint density at radius 1 is 0.583 bits per heavy atom. The molecular weight excluding hydrogens is 647 g/mol. The van der Waals surface area contributed by atoms with Gasteiger partial charge in [0, 0.05) is 22.2 Å². The van der Waals surface area contributed by atoms with Crippen LogP contribution in [0.15, 0.2) is 133 Å². The smallest absolute Gasteiger partial charge is 0.271 e. The van der Waals surface area contributed by atoms with Crippen molar-refractivity contribution in [3.8, 4) is 0 Å². The summed E-state index contributed by atoms with van der Waals surface area (Å²) in [4.78, 5) is 58.2. The minimum Gasteiger partial charge on any atom is -0.297 e. The lowest BCUT2D eigenvalue weighted by molar-refractivity contribution is -0.384. The lowest BCUT2D eigenvalue weighted by Gasteiger charge is -2.39. The van der Waals surface area contributed by atoms with Crippen LogP contribution in [0.1, 0.15) is 22.3 Å². The Bertz CT molecular complexity index is 2080. The summed E-state index contributed by atoms with van der Waals surface area (Å²) >= 11 is 12.8. The summed E-state index contributed by atoms with van der Waals surface area (Å²) in [5.41, 5.74) is 0.278. The highest BCUT2D eigenvalue weighted by atomic mass is 35.5. The number of nitro benzene ring substituents is 1. The van der Waals surface area contributed by atoms with Crippen molar-refractivity contribution in [2.24, 2.45) is 11.8 Å². The van der Waals surface area contributed by atoms with Crippen molar-refractivity contribution >= 4 is 63.3 Å². The monoisotopic (exact) mass is 670 g/mol. The van der Waals surface area contributed by atoms with Gasteiger partial charge in [0.05, 0.1) is 33.3 Å². The third-order valence-corrected chi connectivity index (χ3v) is 10.5. The largest absolute Gasteiger partial charge is 0.297 e. The van der Waals surface area contributed by atoms with Gasteiger partial charge in [-0.1, -0.05) is 114 Å². The molecule has 0 radical (unpaired) electrons. The molecule has 0 N–H and O–H groups in total. The van der Waals surface area contributed by atoms with Crippen molar-refractivity contribution < 1.29 is 19.3 Å². The molecule has 4 atom stereocenters. The normalized spacial score (nSPS) is 24.4. The summed E-state index contributed by atoms with van der Waals surface area (Å²) in [6, 6.07) is 38.1. The number of allylic oxidation sites excluding steroid dienone is 2.